The molecule has 3 N–H and O–H groups in total. The Bertz CT molecular complexity index is 763. The number of nitrogens with two attached hydrogens (primary N) is 1. The Kier molecular flexibility index (Phi) is 5.84. The number of aryl methyl sites for hydroxylation is 2. The van der Waals surface area contributed by atoms with Crippen LogP contribution in [0.3, 0.4) is 0 Å². The van der Waals surface area contributed by atoms with Gasteiger partial charge in [-0.15, -0.1) is 0 Å². The minimum atomic E-state index is -0.0203. The molecule has 1 aliphatic heterocycles. The lowest BCUT2D eigenvalue weighted by atomic mass is 10.0. The molecule has 1 fully saturated rings. The lowest BCUT2D eigenvalue weighted by Gasteiger charge is -2.32. The summed E-state index contributed by atoms with van der Waals surface area (Å²) in [6, 6.07) is 5.94. The summed E-state index contributed by atoms with van der Waals surface area (Å²) < 4.78 is 5.86. The molecule has 0 radical (unpaired) electrons. The largest absolute Gasteiger partial charge is 0.385 e. The summed E-state index contributed by atoms with van der Waals surface area (Å²) in [6.45, 7) is 8.98. The molecule has 0 aliphatic carbocycles. The van der Waals surface area contributed by atoms with Gasteiger partial charge in [0.15, 0.2) is 0 Å². The summed E-state index contributed by atoms with van der Waals surface area (Å²) in [5.74, 6) is 1.95. The van der Waals surface area contributed by atoms with Gasteiger partial charge in [-0.25, -0.2) is 9.97 Å². The number of rotatable bonds is 4. The van der Waals surface area contributed by atoms with Crippen molar-refractivity contribution in [2.45, 2.75) is 33.2 Å². The number of aromatic nitrogens is 2. The van der Waals surface area contributed by atoms with Crippen LogP contribution in [0, 0.1) is 13.8 Å². The third kappa shape index (κ3) is 4.02. The van der Waals surface area contributed by atoms with Gasteiger partial charge in [0.25, 0.3) is 0 Å². The van der Waals surface area contributed by atoms with Crippen LogP contribution in [0.5, 0.6) is 0 Å². The van der Waals surface area contributed by atoms with Gasteiger partial charge in [0.2, 0.25) is 0 Å². The molecule has 0 spiro atoms. The van der Waals surface area contributed by atoms with Crippen LogP contribution in [0.2, 0.25) is 5.02 Å². The van der Waals surface area contributed by atoms with Crippen molar-refractivity contribution in [3.05, 3.63) is 40.2 Å². The maximum Gasteiger partial charge on any atom is 0.134 e. The van der Waals surface area contributed by atoms with E-state index < -0.39 is 0 Å². The molecule has 0 amide bonds. The zero-order valence-corrected chi connectivity index (χ0v) is 16.3. The fourth-order valence-corrected chi connectivity index (χ4v) is 3.66. The maximum atomic E-state index is 6.66. The van der Waals surface area contributed by atoms with E-state index >= 15 is 0 Å². The molecular weight excluding hydrogens is 350 g/mol. The third-order valence-corrected chi connectivity index (χ3v) is 4.88. The fourth-order valence-electron chi connectivity index (χ4n) is 3.37. The molecule has 26 heavy (non-hydrogen) atoms. The van der Waals surface area contributed by atoms with Gasteiger partial charge in [0.05, 0.1) is 12.6 Å². The Morgan fingerprint density at radius 3 is 2.85 bits per heavy atom. The highest BCUT2D eigenvalue weighted by molar-refractivity contribution is 6.31. The van der Waals surface area contributed by atoms with Crippen LogP contribution in [0.25, 0.3) is 0 Å². The van der Waals surface area contributed by atoms with Crippen molar-refractivity contribution >= 4 is 28.9 Å². The van der Waals surface area contributed by atoms with Crippen molar-refractivity contribution in [1.82, 2.24) is 9.97 Å². The van der Waals surface area contributed by atoms with Crippen LogP contribution >= 0.6 is 11.6 Å². The van der Waals surface area contributed by atoms with Crippen molar-refractivity contribution in [2.24, 2.45) is 0 Å². The molecule has 1 saturated heterocycles. The van der Waals surface area contributed by atoms with Crippen LogP contribution in [0.1, 0.15) is 36.3 Å². The molecule has 1 aromatic carbocycles. The van der Waals surface area contributed by atoms with Crippen molar-refractivity contribution in [3.8, 4) is 0 Å². The molecule has 6 nitrogen and oxygen atoms in total. The quantitative estimate of drug-likeness (QED) is 0.847. The van der Waals surface area contributed by atoms with Crippen molar-refractivity contribution in [1.29, 1.82) is 0 Å². The first kappa shape index (κ1) is 18.7. The fraction of sp³-hybridized carbons (Fsp3) is 0.474. The first-order chi connectivity index (χ1) is 12.5. The highest BCUT2D eigenvalue weighted by Gasteiger charge is 2.27. The Hall–Kier alpha value is -2.05. The van der Waals surface area contributed by atoms with Crippen LogP contribution in [-0.4, -0.2) is 36.3 Å². The van der Waals surface area contributed by atoms with Crippen molar-refractivity contribution in [2.75, 3.05) is 42.3 Å². The summed E-state index contributed by atoms with van der Waals surface area (Å²) in [5, 5.41) is 4.08. The number of halogens is 1. The van der Waals surface area contributed by atoms with Gasteiger partial charge in [-0.05, 0) is 44.4 Å². The van der Waals surface area contributed by atoms with E-state index in [1.807, 2.05) is 19.1 Å². The van der Waals surface area contributed by atoms with Crippen molar-refractivity contribution in [3.63, 3.8) is 0 Å². The number of benzene rings is 1. The lowest BCUT2D eigenvalue weighted by molar-refractivity contribution is 0.134. The summed E-state index contributed by atoms with van der Waals surface area (Å²) >= 11 is 6.66. The normalized spacial score (nSPS) is 17.8. The molecule has 140 valence electrons. The summed E-state index contributed by atoms with van der Waals surface area (Å²) in [6.07, 6.45) is 0.922. The molecule has 0 unspecified atom stereocenters. The highest BCUT2D eigenvalue weighted by atomic mass is 35.5. The number of nitrogens with one attached hydrogen (secondary N) is 1. The third-order valence-electron chi connectivity index (χ3n) is 4.55. The number of nitrogens with zero attached hydrogens (tertiary/aromatic N) is 3. The summed E-state index contributed by atoms with van der Waals surface area (Å²) in [5.41, 5.74) is 9.22. The number of ether oxygens (including phenoxy) is 1. The van der Waals surface area contributed by atoms with E-state index in [2.05, 4.69) is 40.1 Å². The van der Waals surface area contributed by atoms with Crippen LogP contribution in [-0.2, 0) is 4.74 Å². The molecule has 2 aromatic rings. The molecule has 1 aliphatic rings. The average molecular weight is 376 g/mol. The van der Waals surface area contributed by atoms with Gasteiger partial charge >= 0.3 is 0 Å². The Morgan fingerprint density at radius 1 is 1.31 bits per heavy atom. The van der Waals surface area contributed by atoms with Crippen LogP contribution in [0.4, 0.5) is 17.3 Å². The molecule has 2 heterocycles. The minimum Gasteiger partial charge on any atom is -0.385 e. The molecule has 7 heteroatoms. The Balaban J connectivity index is 2.03. The van der Waals surface area contributed by atoms with E-state index in [1.54, 1.807) is 0 Å². The monoisotopic (exact) mass is 375 g/mol. The van der Waals surface area contributed by atoms with Crippen LogP contribution in [0.15, 0.2) is 18.2 Å². The first-order valence-electron chi connectivity index (χ1n) is 8.99. The van der Waals surface area contributed by atoms with Gasteiger partial charge in [0, 0.05) is 36.5 Å². The molecule has 0 saturated carbocycles. The van der Waals surface area contributed by atoms with E-state index in [1.165, 1.54) is 0 Å². The number of anilines is 3. The molecule has 1 aromatic heterocycles. The van der Waals surface area contributed by atoms with E-state index in [9.17, 15) is 0 Å². The molecular formula is C19H26ClN5O. The zero-order valence-electron chi connectivity index (χ0n) is 15.6. The predicted octanol–water partition coefficient (Wildman–Crippen LogP) is 3.73. The van der Waals surface area contributed by atoms with E-state index in [0.717, 1.165) is 53.8 Å². The number of nitrogen functional groups attached to an aromatic ring is 1. The van der Waals surface area contributed by atoms with Gasteiger partial charge < -0.3 is 20.7 Å². The molecule has 0 bridgehead atoms. The van der Waals surface area contributed by atoms with Gasteiger partial charge in [-0.1, -0.05) is 17.7 Å². The average Bonchev–Trinajstić information content (AvgIpc) is 2.83. The molecule has 3 rings (SSSR count). The minimum absolute atomic E-state index is 0.0203. The lowest BCUT2D eigenvalue weighted by Crippen LogP contribution is -2.32. The summed E-state index contributed by atoms with van der Waals surface area (Å²) in [7, 11) is 0. The second-order valence-corrected chi connectivity index (χ2v) is 6.96. The smallest absolute Gasteiger partial charge is 0.134 e. The summed E-state index contributed by atoms with van der Waals surface area (Å²) in [4.78, 5) is 11.0. The predicted molar refractivity (Wildman–Crippen MR) is 107 cm³/mol. The second-order valence-electron chi connectivity index (χ2n) is 6.55. The SMILES string of the molecule is CCNc1cc(Cl)c([C@H]2COCCCN2c2cc(N)nc(C)n2)cc1C. The number of hydrogen-bond donors (Lipinski definition) is 2. The van der Waals surface area contributed by atoms with Crippen molar-refractivity contribution < 1.29 is 4.74 Å². The van der Waals surface area contributed by atoms with Gasteiger partial charge in [0.1, 0.15) is 17.5 Å². The standard InChI is InChI=1S/C19H26ClN5O/c1-4-22-16-9-15(20)14(8-12(16)2)17-11-26-7-5-6-25(17)19-10-18(21)23-13(3)24-19/h8-10,17,22H,4-7,11H2,1-3H3,(H2,21,23,24)/t17-/m1/s1. The van der Waals surface area contributed by atoms with Gasteiger partial charge in [-0.2, -0.15) is 0 Å². The number of hydrogen-bond acceptors (Lipinski definition) is 6. The topological polar surface area (TPSA) is 76.3 Å². The Labute approximate surface area is 159 Å². The van der Waals surface area contributed by atoms with Crippen LogP contribution < -0.4 is 16.0 Å². The van der Waals surface area contributed by atoms with E-state index in [0.29, 0.717) is 18.2 Å². The molecule has 1 atom stereocenters. The Morgan fingerprint density at radius 2 is 2.12 bits per heavy atom. The van der Waals surface area contributed by atoms with Gasteiger partial charge in [-0.3, -0.25) is 0 Å². The second kappa shape index (κ2) is 8.10. The van der Waals surface area contributed by atoms with E-state index in [-0.39, 0.29) is 6.04 Å². The zero-order chi connectivity index (χ0) is 18.7. The van der Waals surface area contributed by atoms with E-state index in [4.69, 9.17) is 22.1 Å². The highest BCUT2D eigenvalue weighted by Crippen LogP contribution is 2.35. The first-order valence-corrected chi connectivity index (χ1v) is 9.37. The maximum absolute atomic E-state index is 6.66.